The van der Waals surface area contributed by atoms with E-state index >= 15 is 0 Å². The van der Waals surface area contributed by atoms with Crippen molar-refractivity contribution in [3.8, 4) is 5.75 Å². The number of nitrogens with one attached hydrogen (secondary N) is 2. The highest BCUT2D eigenvalue weighted by molar-refractivity contribution is 7.89. The highest BCUT2D eigenvalue weighted by Crippen LogP contribution is 2.31. The molecule has 27 heavy (non-hydrogen) atoms. The van der Waals surface area contributed by atoms with Gasteiger partial charge in [-0.25, -0.2) is 8.42 Å². The Bertz CT molecular complexity index is 773. The van der Waals surface area contributed by atoms with Gasteiger partial charge in [0, 0.05) is 25.2 Å². The molecule has 0 spiro atoms. The topological polar surface area (TPSA) is 105 Å². The van der Waals surface area contributed by atoms with E-state index in [0.717, 1.165) is 19.3 Å². The highest BCUT2D eigenvalue weighted by Gasteiger charge is 2.29. The van der Waals surface area contributed by atoms with Crippen molar-refractivity contribution in [3.63, 3.8) is 0 Å². The molecule has 0 bridgehead atoms. The van der Waals surface area contributed by atoms with Gasteiger partial charge in [0.1, 0.15) is 10.6 Å². The summed E-state index contributed by atoms with van der Waals surface area (Å²) in [6.07, 6.45) is 3.73. The molecule has 1 fully saturated rings. The Morgan fingerprint density at radius 2 is 1.85 bits per heavy atom. The fraction of sp³-hybridized carbons (Fsp3) is 0.556. The van der Waals surface area contributed by atoms with Crippen LogP contribution >= 0.6 is 0 Å². The summed E-state index contributed by atoms with van der Waals surface area (Å²) in [4.78, 5) is 23.5. The lowest BCUT2D eigenvalue weighted by atomic mass is 10.2. The molecule has 0 radical (unpaired) electrons. The number of benzene rings is 1. The second-order valence-corrected chi connectivity index (χ2v) is 8.31. The summed E-state index contributed by atoms with van der Waals surface area (Å²) in [6.45, 7) is 2.66. The zero-order valence-corrected chi connectivity index (χ0v) is 16.6. The first kappa shape index (κ1) is 21.2. The van der Waals surface area contributed by atoms with Crippen LogP contribution in [0.25, 0.3) is 0 Å². The molecular formula is C18H27N3O5S. The Morgan fingerprint density at radius 1 is 1.15 bits per heavy atom. The maximum Gasteiger partial charge on any atom is 0.246 e. The molecule has 1 aliphatic heterocycles. The van der Waals surface area contributed by atoms with Crippen LogP contribution in [-0.2, 0) is 19.6 Å². The zero-order valence-electron chi connectivity index (χ0n) is 15.8. The van der Waals surface area contributed by atoms with Crippen LogP contribution in [0, 0.1) is 0 Å². The first-order valence-electron chi connectivity index (χ1n) is 9.13. The summed E-state index contributed by atoms with van der Waals surface area (Å²) in [5, 5.41) is 5.13. The summed E-state index contributed by atoms with van der Waals surface area (Å²) in [5.74, 6) is -0.392. The number of hydrogen-bond acceptors (Lipinski definition) is 5. The van der Waals surface area contributed by atoms with Gasteiger partial charge in [-0.3, -0.25) is 9.59 Å². The summed E-state index contributed by atoms with van der Waals surface area (Å²) < 4.78 is 32.6. The van der Waals surface area contributed by atoms with Crippen LogP contribution in [0.3, 0.4) is 0 Å². The number of amides is 2. The third kappa shape index (κ3) is 5.67. The first-order chi connectivity index (χ1) is 12.9. The molecule has 0 saturated carbocycles. The lowest BCUT2D eigenvalue weighted by Crippen LogP contribution is -2.36. The van der Waals surface area contributed by atoms with Crippen LogP contribution in [0.4, 0.5) is 5.69 Å². The van der Waals surface area contributed by atoms with Crippen LogP contribution in [0.2, 0.25) is 0 Å². The van der Waals surface area contributed by atoms with E-state index in [-0.39, 0.29) is 23.1 Å². The molecule has 0 aliphatic carbocycles. The second-order valence-electron chi connectivity index (χ2n) is 6.41. The van der Waals surface area contributed by atoms with Crippen molar-refractivity contribution in [1.29, 1.82) is 0 Å². The van der Waals surface area contributed by atoms with Crippen molar-refractivity contribution < 1.29 is 22.7 Å². The van der Waals surface area contributed by atoms with Gasteiger partial charge in [0.2, 0.25) is 21.8 Å². The largest absolute Gasteiger partial charge is 0.495 e. The minimum Gasteiger partial charge on any atom is -0.495 e. The number of rotatable bonds is 8. The van der Waals surface area contributed by atoms with Crippen molar-refractivity contribution in [2.45, 2.75) is 43.9 Å². The van der Waals surface area contributed by atoms with E-state index in [0.29, 0.717) is 31.6 Å². The van der Waals surface area contributed by atoms with Gasteiger partial charge in [0.05, 0.1) is 13.7 Å². The first-order valence-corrected chi connectivity index (χ1v) is 10.6. The highest BCUT2D eigenvalue weighted by atomic mass is 32.2. The standard InChI is InChI=1S/C18H27N3O5S/c1-3-7-17(22)19-13-18(23)20-14-8-9-15(26-2)16(12-14)27(24,25)21-10-5-4-6-11-21/h8-9,12H,3-7,10-11,13H2,1-2H3,(H,19,22)(H,20,23). The molecule has 1 aliphatic rings. The zero-order chi connectivity index (χ0) is 19.9. The average Bonchev–Trinajstić information content (AvgIpc) is 2.67. The predicted octanol–water partition coefficient (Wildman–Crippen LogP) is 1.72. The number of methoxy groups -OCH3 is 1. The fourth-order valence-corrected chi connectivity index (χ4v) is 4.60. The quantitative estimate of drug-likeness (QED) is 0.695. The molecule has 8 nitrogen and oxygen atoms in total. The SMILES string of the molecule is CCCC(=O)NCC(=O)Nc1ccc(OC)c(S(=O)(=O)N2CCCCC2)c1. The molecule has 1 heterocycles. The van der Waals surface area contributed by atoms with E-state index in [9.17, 15) is 18.0 Å². The summed E-state index contributed by atoms with van der Waals surface area (Å²) in [5.41, 5.74) is 0.334. The second kappa shape index (κ2) is 9.70. The molecule has 2 rings (SSSR count). The van der Waals surface area contributed by atoms with Gasteiger partial charge in [-0.2, -0.15) is 4.31 Å². The monoisotopic (exact) mass is 397 g/mol. The Morgan fingerprint density at radius 3 is 2.48 bits per heavy atom. The van der Waals surface area contributed by atoms with Crippen LogP contribution in [0.15, 0.2) is 23.1 Å². The number of carbonyl (C=O) groups excluding carboxylic acids is 2. The number of carbonyl (C=O) groups is 2. The van der Waals surface area contributed by atoms with Gasteiger partial charge >= 0.3 is 0 Å². The van der Waals surface area contributed by atoms with Gasteiger partial charge in [-0.15, -0.1) is 0 Å². The van der Waals surface area contributed by atoms with Crippen LogP contribution in [0.5, 0.6) is 5.75 Å². The van der Waals surface area contributed by atoms with Gasteiger partial charge in [-0.05, 0) is 37.5 Å². The van der Waals surface area contributed by atoms with Crippen molar-refractivity contribution in [3.05, 3.63) is 18.2 Å². The van der Waals surface area contributed by atoms with E-state index in [1.807, 2.05) is 6.92 Å². The minimum absolute atomic E-state index is 0.0275. The van der Waals surface area contributed by atoms with Gasteiger partial charge in [0.25, 0.3) is 0 Å². The Labute approximate surface area is 160 Å². The molecule has 0 aromatic heterocycles. The lowest BCUT2D eigenvalue weighted by Gasteiger charge is -2.26. The third-order valence-corrected chi connectivity index (χ3v) is 6.22. The predicted molar refractivity (Wildman–Crippen MR) is 102 cm³/mol. The van der Waals surface area contributed by atoms with Crippen LogP contribution in [-0.4, -0.2) is 51.3 Å². The van der Waals surface area contributed by atoms with Crippen molar-refractivity contribution >= 4 is 27.5 Å². The Hall–Kier alpha value is -2.13. The third-order valence-electron chi connectivity index (χ3n) is 4.30. The molecule has 1 aromatic carbocycles. The van der Waals surface area contributed by atoms with Crippen molar-refractivity contribution in [2.75, 3.05) is 32.1 Å². The number of piperidine rings is 1. The van der Waals surface area contributed by atoms with Crippen molar-refractivity contribution in [1.82, 2.24) is 9.62 Å². The van der Waals surface area contributed by atoms with Crippen LogP contribution < -0.4 is 15.4 Å². The molecule has 2 amide bonds. The Balaban J connectivity index is 2.14. The van der Waals surface area contributed by atoms with E-state index in [1.165, 1.54) is 23.5 Å². The molecule has 0 atom stereocenters. The number of ether oxygens (including phenoxy) is 1. The fourth-order valence-electron chi connectivity index (χ4n) is 2.90. The summed E-state index contributed by atoms with van der Waals surface area (Å²) in [7, 11) is -2.30. The molecule has 9 heteroatoms. The Kier molecular flexibility index (Phi) is 7.61. The average molecular weight is 397 g/mol. The normalized spacial score (nSPS) is 15.2. The van der Waals surface area contributed by atoms with Gasteiger partial charge < -0.3 is 15.4 Å². The van der Waals surface area contributed by atoms with E-state index < -0.39 is 15.9 Å². The smallest absolute Gasteiger partial charge is 0.246 e. The van der Waals surface area contributed by atoms with Crippen LogP contribution in [0.1, 0.15) is 39.0 Å². The summed E-state index contributed by atoms with van der Waals surface area (Å²) in [6, 6.07) is 4.48. The number of sulfonamides is 1. The van der Waals surface area contributed by atoms with E-state index in [2.05, 4.69) is 10.6 Å². The molecule has 2 N–H and O–H groups in total. The maximum atomic E-state index is 13.0. The van der Waals surface area contributed by atoms with E-state index in [4.69, 9.17) is 4.74 Å². The number of hydrogen-bond donors (Lipinski definition) is 2. The van der Waals surface area contributed by atoms with Crippen molar-refractivity contribution in [2.24, 2.45) is 0 Å². The molecule has 1 saturated heterocycles. The molecular weight excluding hydrogens is 370 g/mol. The number of nitrogens with zero attached hydrogens (tertiary/aromatic N) is 1. The maximum absolute atomic E-state index is 13.0. The summed E-state index contributed by atoms with van der Waals surface area (Å²) >= 11 is 0. The minimum atomic E-state index is -3.71. The number of anilines is 1. The lowest BCUT2D eigenvalue weighted by molar-refractivity contribution is -0.124. The molecule has 150 valence electrons. The van der Waals surface area contributed by atoms with Gasteiger partial charge in [-0.1, -0.05) is 13.3 Å². The molecule has 0 unspecified atom stereocenters. The van der Waals surface area contributed by atoms with Gasteiger partial charge in [0.15, 0.2) is 0 Å². The molecule has 1 aromatic rings. The van der Waals surface area contributed by atoms with E-state index in [1.54, 1.807) is 6.07 Å².